The van der Waals surface area contributed by atoms with Crippen LogP contribution in [0, 0.1) is 0 Å². The largest absolute Gasteiger partial charge is 0.508 e. The van der Waals surface area contributed by atoms with Gasteiger partial charge in [0, 0.05) is 18.4 Å². The molecule has 4 nitrogen and oxygen atoms in total. The molecule has 2 aromatic carbocycles. The Balaban J connectivity index is 2.25. The zero-order valence-corrected chi connectivity index (χ0v) is 13.0. The van der Waals surface area contributed by atoms with Crippen LogP contribution >= 0.6 is 15.9 Å². The molecule has 21 heavy (non-hydrogen) atoms. The number of carbonyl (C=O) groups is 1. The quantitative estimate of drug-likeness (QED) is 0.643. The Labute approximate surface area is 131 Å². The molecule has 0 aliphatic heterocycles. The van der Waals surface area contributed by atoms with Crippen LogP contribution in [0.2, 0.25) is 0 Å². The Kier molecular flexibility index (Phi) is 5.22. The van der Waals surface area contributed by atoms with E-state index in [9.17, 15) is 15.0 Å². The maximum Gasteiger partial charge on any atom is 0.258 e. The Morgan fingerprint density at radius 3 is 2.48 bits per heavy atom. The normalized spacial score (nSPS) is 10.3. The predicted molar refractivity (Wildman–Crippen MR) is 84.7 cm³/mol. The summed E-state index contributed by atoms with van der Waals surface area (Å²) in [5, 5.41) is 19.9. The van der Waals surface area contributed by atoms with Crippen LogP contribution in [0.4, 0.5) is 0 Å². The van der Waals surface area contributed by atoms with Crippen LogP contribution in [0.25, 0.3) is 0 Å². The van der Waals surface area contributed by atoms with Crippen molar-refractivity contribution in [2.75, 3.05) is 11.9 Å². The van der Waals surface area contributed by atoms with Crippen LogP contribution in [-0.4, -0.2) is 32.9 Å². The highest BCUT2D eigenvalue weighted by atomic mass is 79.9. The van der Waals surface area contributed by atoms with E-state index in [0.29, 0.717) is 18.4 Å². The van der Waals surface area contributed by atoms with Gasteiger partial charge in [-0.1, -0.05) is 46.3 Å². The number of hydrogen-bond acceptors (Lipinski definition) is 3. The average molecular weight is 350 g/mol. The first-order valence-electron chi connectivity index (χ1n) is 6.53. The van der Waals surface area contributed by atoms with Gasteiger partial charge in [-0.2, -0.15) is 0 Å². The second-order valence-electron chi connectivity index (χ2n) is 4.60. The van der Waals surface area contributed by atoms with Gasteiger partial charge in [0.15, 0.2) is 0 Å². The minimum absolute atomic E-state index is 0.0466. The Bertz CT molecular complexity index is 616. The molecule has 0 spiro atoms. The lowest BCUT2D eigenvalue weighted by molar-refractivity contribution is 0.0751. The maximum atomic E-state index is 12.5. The average Bonchev–Trinajstić information content (AvgIpc) is 2.49. The first kappa shape index (κ1) is 15.4. The number of phenolic OH excluding ortho intramolecular Hbond substituents is 2. The molecule has 1 amide bonds. The minimum Gasteiger partial charge on any atom is -0.508 e. The van der Waals surface area contributed by atoms with Gasteiger partial charge >= 0.3 is 0 Å². The summed E-state index contributed by atoms with van der Waals surface area (Å²) in [6.45, 7) is 0.948. The van der Waals surface area contributed by atoms with Crippen LogP contribution in [0.3, 0.4) is 0 Å². The second kappa shape index (κ2) is 7.13. The van der Waals surface area contributed by atoms with Crippen LogP contribution in [0.5, 0.6) is 11.5 Å². The third kappa shape index (κ3) is 3.98. The van der Waals surface area contributed by atoms with E-state index >= 15 is 0 Å². The molecular formula is C16H16BrNO3. The number of carbonyl (C=O) groups excluding carboxylic acids is 1. The number of nitrogens with zero attached hydrogens (tertiary/aromatic N) is 1. The van der Waals surface area contributed by atoms with Crippen molar-refractivity contribution in [1.82, 2.24) is 4.90 Å². The van der Waals surface area contributed by atoms with Crippen molar-refractivity contribution in [1.29, 1.82) is 0 Å². The number of aromatic hydroxyl groups is 2. The molecule has 0 atom stereocenters. The molecule has 0 aromatic heterocycles. The predicted octanol–water partition coefficient (Wildman–Crippen LogP) is 3.14. The molecule has 5 heteroatoms. The van der Waals surface area contributed by atoms with Crippen molar-refractivity contribution in [2.24, 2.45) is 0 Å². The number of rotatable bonds is 5. The van der Waals surface area contributed by atoms with Crippen molar-refractivity contribution in [3.8, 4) is 11.5 Å². The molecule has 2 N–H and O–H groups in total. The number of phenols is 2. The smallest absolute Gasteiger partial charge is 0.258 e. The van der Waals surface area contributed by atoms with E-state index in [1.807, 2.05) is 30.3 Å². The molecule has 0 aliphatic carbocycles. The highest BCUT2D eigenvalue weighted by molar-refractivity contribution is 9.09. The lowest BCUT2D eigenvalue weighted by Crippen LogP contribution is -2.32. The Hall–Kier alpha value is -2.01. The summed E-state index contributed by atoms with van der Waals surface area (Å²) >= 11 is 3.33. The van der Waals surface area contributed by atoms with E-state index in [1.54, 1.807) is 4.90 Å². The van der Waals surface area contributed by atoms with Crippen molar-refractivity contribution in [2.45, 2.75) is 6.54 Å². The fraction of sp³-hybridized carbons (Fsp3) is 0.188. The second-order valence-corrected chi connectivity index (χ2v) is 5.40. The van der Waals surface area contributed by atoms with Crippen LogP contribution in [0.15, 0.2) is 48.5 Å². The number of alkyl halides is 1. The highest BCUT2D eigenvalue weighted by Gasteiger charge is 2.19. The zero-order valence-electron chi connectivity index (χ0n) is 11.4. The molecule has 2 rings (SSSR count). The molecule has 0 bridgehead atoms. The molecule has 0 saturated carbocycles. The minimum atomic E-state index is -0.313. The maximum absolute atomic E-state index is 12.5. The molecule has 0 unspecified atom stereocenters. The van der Waals surface area contributed by atoms with Crippen LogP contribution in [0.1, 0.15) is 15.9 Å². The SMILES string of the molecule is O=C(c1cc(O)ccc1O)N(CCBr)Cc1ccccc1. The summed E-state index contributed by atoms with van der Waals surface area (Å²) in [7, 11) is 0. The van der Waals surface area contributed by atoms with E-state index in [4.69, 9.17) is 0 Å². The van der Waals surface area contributed by atoms with Gasteiger partial charge in [0.1, 0.15) is 11.5 Å². The Morgan fingerprint density at radius 1 is 1.10 bits per heavy atom. The fourth-order valence-corrected chi connectivity index (χ4v) is 2.45. The summed E-state index contributed by atoms with van der Waals surface area (Å²) in [4.78, 5) is 14.2. The number of benzene rings is 2. The van der Waals surface area contributed by atoms with E-state index in [-0.39, 0.29) is 23.0 Å². The van der Waals surface area contributed by atoms with E-state index in [1.165, 1.54) is 18.2 Å². The Morgan fingerprint density at radius 2 is 1.81 bits per heavy atom. The number of amides is 1. The lowest BCUT2D eigenvalue weighted by atomic mass is 10.1. The molecule has 0 fully saturated rings. The molecule has 0 aliphatic rings. The van der Waals surface area contributed by atoms with E-state index in [0.717, 1.165) is 5.56 Å². The molecule has 0 radical (unpaired) electrons. The topological polar surface area (TPSA) is 60.8 Å². The molecule has 0 saturated heterocycles. The van der Waals surface area contributed by atoms with Crippen molar-refractivity contribution < 1.29 is 15.0 Å². The van der Waals surface area contributed by atoms with Crippen LogP contribution in [-0.2, 0) is 6.54 Å². The van der Waals surface area contributed by atoms with Gasteiger partial charge in [0.2, 0.25) is 0 Å². The van der Waals surface area contributed by atoms with Gasteiger partial charge in [-0.25, -0.2) is 0 Å². The fourth-order valence-electron chi connectivity index (χ4n) is 2.02. The lowest BCUT2D eigenvalue weighted by Gasteiger charge is -2.22. The van der Waals surface area contributed by atoms with Crippen molar-refractivity contribution >= 4 is 21.8 Å². The van der Waals surface area contributed by atoms with Crippen LogP contribution < -0.4 is 0 Å². The third-order valence-corrected chi connectivity index (χ3v) is 3.42. The van der Waals surface area contributed by atoms with Crippen molar-refractivity contribution in [3.63, 3.8) is 0 Å². The molecule has 0 heterocycles. The number of hydrogen-bond donors (Lipinski definition) is 2. The summed E-state index contributed by atoms with van der Waals surface area (Å²) < 4.78 is 0. The molecule has 2 aromatic rings. The summed E-state index contributed by atoms with van der Waals surface area (Å²) in [5.41, 5.74) is 1.11. The van der Waals surface area contributed by atoms with Gasteiger partial charge in [0.25, 0.3) is 5.91 Å². The molecular weight excluding hydrogens is 334 g/mol. The number of halogens is 1. The van der Waals surface area contributed by atoms with Crippen molar-refractivity contribution in [3.05, 3.63) is 59.7 Å². The van der Waals surface area contributed by atoms with Gasteiger partial charge in [-0.05, 0) is 23.8 Å². The van der Waals surface area contributed by atoms with Gasteiger partial charge < -0.3 is 15.1 Å². The molecule has 110 valence electrons. The van der Waals surface area contributed by atoms with Gasteiger partial charge in [-0.3, -0.25) is 4.79 Å². The summed E-state index contributed by atoms with van der Waals surface area (Å²) in [6, 6.07) is 13.6. The first-order valence-corrected chi connectivity index (χ1v) is 7.65. The highest BCUT2D eigenvalue weighted by Crippen LogP contribution is 2.24. The van der Waals surface area contributed by atoms with E-state index in [2.05, 4.69) is 15.9 Å². The van der Waals surface area contributed by atoms with Gasteiger partial charge in [0.05, 0.1) is 5.56 Å². The summed E-state index contributed by atoms with van der Waals surface area (Å²) in [6.07, 6.45) is 0. The van der Waals surface area contributed by atoms with E-state index < -0.39 is 0 Å². The first-order chi connectivity index (χ1) is 10.1. The third-order valence-electron chi connectivity index (χ3n) is 3.07. The monoisotopic (exact) mass is 349 g/mol. The van der Waals surface area contributed by atoms with Gasteiger partial charge in [-0.15, -0.1) is 0 Å². The zero-order chi connectivity index (χ0) is 15.2. The standard InChI is InChI=1S/C16H16BrNO3/c17-8-9-18(11-12-4-2-1-3-5-12)16(21)14-10-13(19)6-7-15(14)20/h1-7,10,19-20H,8-9,11H2. The summed E-state index contributed by atoms with van der Waals surface area (Å²) in [5.74, 6) is -0.494.